The maximum Gasteiger partial charge on any atom is 0.229 e. The van der Waals surface area contributed by atoms with Gasteiger partial charge < -0.3 is 14.8 Å². The molecule has 0 radical (unpaired) electrons. The molecule has 144 valence electrons. The van der Waals surface area contributed by atoms with Crippen molar-refractivity contribution in [2.45, 2.75) is 32.2 Å². The number of aryl methyl sites for hydroxylation is 1. The van der Waals surface area contributed by atoms with Crippen molar-refractivity contribution >= 4 is 39.2 Å². The molecule has 0 saturated heterocycles. The number of hydrogen-bond acceptors (Lipinski definition) is 4. The number of nitrogens with one attached hydrogen (secondary N) is 1. The lowest BCUT2D eigenvalue weighted by Crippen LogP contribution is -2.36. The van der Waals surface area contributed by atoms with E-state index in [9.17, 15) is 9.59 Å². The number of hydrogen-bond donors (Lipinski definition) is 1. The van der Waals surface area contributed by atoms with Crippen molar-refractivity contribution in [1.29, 1.82) is 0 Å². The Hall–Kier alpha value is -2.67. The van der Waals surface area contributed by atoms with Gasteiger partial charge in [0.15, 0.2) is 5.13 Å². The average Bonchev–Trinajstić information content (AvgIpc) is 3.40. The fraction of sp³-hybridized carbons (Fsp3) is 0.381. The first-order valence-corrected chi connectivity index (χ1v) is 10.5. The van der Waals surface area contributed by atoms with Gasteiger partial charge in [-0.2, -0.15) is 0 Å². The molecular weight excluding hydrogens is 372 g/mol. The molecule has 1 aromatic carbocycles. The van der Waals surface area contributed by atoms with Crippen molar-refractivity contribution < 1.29 is 9.59 Å². The molecule has 2 amide bonds. The van der Waals surface area contributed by atoms with Gasteiger partial charge in [-0.3, -0.25) is 9.59 Å². The summed E-state index contributed by atoms with van der Waals surface area (Å²) >= 11 is 1.50. The summed E-state index contributed by atoms with van der Waals surface area (Å²) in [6, 6.07) is 8.18. The molecule has 3 heterocycles. The maximum absolute atomic E-state index is 12.9. The number of aromatic nitrogens is 2. The Morgan fingerprint density at radius 2 is 2.11 bits per heavy atom. The third-order valence-electron chi connectivity index (χ3n) is 5.58. The quantitative estimate of drug-likeness (QED) is 0.739. The van der Waals surface area contributed by atoms with Crippen LogP contribution in [0.15, 0.2) is 30.5 Å². The number of amides is 2. The van der Waals surface area contributed by atoms with E-state index < -0.39 is 0 Å². The number of fused-ring (bicyclic) bond motifs is 2. The summed E-state index contributed by atoms with van der Waals surface area (Å²) in [5.74, 6) is 0.383. The third-order valence-corrected chi connectivity index (χ3v) is 6.58. The molecule has 7 heteroatoms. The van der Waals surface area contributed by atoms with Crippen molar-refractivity contribution in [2.24, 2.45) is 13.0 Å². The Kier molecular flexibility index (Phi) is 4.19. The molecule has 1 N–H and O–H groups in total. The van der Waals surface area contributed by atoms with E-state index in [2.05, 4.69) is 33.2 Å². The Morgan fingerprint density at radius 1 is 1.29 bits per heavy atom. The van der Waals surface area contributed by atoms with E-state index in [0.717, 1.165) is 46.3 Å². The fourth-order valence-corrected chi connectivity index (χ4v) is 4.88. The van der Waals surface area contributed by atoms with Gasteiger partial charge in [0.25, 0.3) is 0 Å². The van der Waals surface area contributed by atoms with Gasteiger partial charge in [-0.1, -0.05) is 29.5 Å². The number of para-hydroxylation sites is 1. The average molecular weight is 395 g/mol. The number of carbonyl (C=O) groups excluding carboxylic acids is 2. The molecular formula is C21H22N4O2S. The van der Waals surface area contributed by atoms with Gasteiger partial charge in [-0.25, -0.2) is 4.98 Å². The summed E-state index contributed by atoms with van der Waals surface area (Å²) in [6.45, 7) is 1.26. The molecule has 5 rings (SSSR count). The van der Waals surface area contributed by atoms with Crippen molar-refractivity contribution in [3.63, 3.8) is 0 Å². The van der Waals surface area contributed by atoms with Crippen LogP contribution in [0.5, 0.6) is 0 Å². The highest BCUT2D eigenvalue weighted by atomic mass is 32.1. The summed E-state index contributed by atoms with van der Waals surface area (Å²) in [6.07, 6.45) is 5.16. The largest absolute Gasteiger partial charge is 0.350 e. The predicted molar refractivity (Wildman–Crippen MR) is 109 cm³/mol. The zero-order valence-corrected chi connectivity index (χ0v) is 16.6. The van der Waals surface area contributed by atoms with E-state index in [1.807, 2.05) is 24.1 Å². The highest BCUT2D eigenvalue weighted by molar-refractivity contribution is 7.15. The molecule has 3 aromatic rings. The number of anilines is 1. The van der Waals surface area contributed by atoms with Crippen molar-refractivity contribution in [2.75, 3.05) is 11.9 Å². The minimum absolute atomic E-state index is 0.0787. The van der Waals surface area contributed by atoms with Crippen LogP contribution in [-0.2, 0) is 36.0 Å². The molecule has 2 aromatic heterocycles. The van der Waals surface area contributed by atoms with Crippen LogP contribution in [-0.4, -0.2) is 32.8 Å². The van der Waals surface area contributed by atoms with Crippen molar-refractivity contribution in [1.82, 2.24) is 14.5 Å². The molecule has 1 saturated carbocycles. The second-order valence-electron chi connectivity index (χ2n) is 7.68. The summed E-state index contributed by atoms with van der Waals surface area (Å²) in [5, 5.41) is 4.74. The number of rotatable bonds is 4. The van der Waals surface area contributed by atoms with Gasteiger partial charge in [0.2, 0.25) is 11.8 Å². The van der Waals surface area contributed by atoms with Gasteiger partial charge in [0.1, 0.15) is 0 Å². The van der Waals surface area contributed by atoms with E-state index in [-0.39, 0.29) is 17.7 Å². The highest BCUT2D eigenvalue weighted by Crippen LogP contribution is 2.33. The summed E-state index contributed by atoms with van der Waals surface area (Å²) in [5.41, 5.74) is 3.23. The van der Waals surface area contributed by atoms with Crippen LogP contribution >= 0.6 is 11.3 Å². The lowest BCUT2D eigenvalue weighted by molar-refractivity contribution is -0.131. The van der Waals surface area contributed by atoms with E-state index >= 15 is 0 Å². The van der Waals surface area contributed by atoms with Crippen LogP contribution in [0.25, 0.3) is 10.9 Å². The first-order valence-electron chi connectivity index (χ1n) is 9.68. The topological polar surface area (TPSA) is 67.2 Å². The Labute approximate surface area is 167 Å². The molecule has 0 bridgehead atoms. The molecule has 0 unspecified atom stereocenters. The highest BCUT2D eigenvalue weighted by Gasteiger charge is 2.31. The second-order valence-corrected chi connectivity index (χ2v) is 8.76. The zero-order valence-electron chi connectivity index (χ0n) is 15.8. The van der Waals surface area contributed by atoms with Crippen LogP contribution in [0.2, 0.25) is 0 Å². The molecule has 1 fully saturated rings. The van der Waals surface area contributed by atoms with E-state index in [0.29, 0.717) is 24.6 Å². The second kappa shape index (κ2) is 6.74. The number of carbonyl (C=O) groups is 2. The Bertz CT molecular complexity index is 1080. The van der Waals surface area contributed by atoms with Gasteiger partial charge in [0.05, 0.1) is 18.7 Å². The third kappa shape index (κ3) is 3.20. The van der Waals surface area contributed by atoms with Gasteiger partial charge >= 0.3 is 0 Å². The van der Waals surface area contributed by atoms with Crippen LogP contribution < -0.4 is 5.32 Å². The minimum atomic E-state index is 0.0787. The van der Waals surface area contributed by atoms with E-state index in [4.69, 9.17) is 0 Å². The van der Waals surface area contributed by atoms with Gasteiger partial charge in [0, 0.05) is 47.9 Å². The zero-order chi connectivity index (χ0) is 19.3. The molecule has 1 aliphatic carbocycles. The van der Waals surface area contributed by atoms with E-state index in [1.165, 1.54) is 11.3 Å². The van der Waals surface area contributed by atoms with Gasteiger partial charge in [-0.05, 0) is 24.5 Å². The van der Waals surface area contributed by atoms with Crippen LogP contribution in [0.3, 0.4) is 0 Å². The lowest BCUT2D eigenvalue weighted by Gasteiger charge is -2.26. The van der Waals surface area contributed by atoms with Crippen LogP contribution in [0.4, 0.5) is 5.13 Å². The standard InChI is InChI=1S/C21H22N4O2S/c1-24-11-14(15-4-2-3-5-17(15)24)10-19(26)25-9-8-16-18(12-25)28-21(22-16)23-20(27)13-6-7-13/h2-5,11,13H,6-10,12H2,1H3,(H,22,23,27). The molecule has 0 spiro atoms. The smallest absolute Gasteiger partial charge is 0.229 e. The van der Waals surface area contributed by atoms with Crippen molar-refractivity contribution in [3.05, 3.63) is 46.6 Å². The predicted octanol–water partition coefficient (Wildman–Crippen LogP) is 3.11. The first-order chi connectivity index (χ1) is 13.6. The summed E-state index contributed by atoms with van der Waals surface area (Å²) < 4.78 is 2.07. The number of thiazole rings is 1. The molecule has 6 nitrogen and oxygen atoms in total. The minimum Gasteiger partial charge on any atom is -0.350 e. The monoisotopic (exact) mass is 394 g/mol. The molecule has 28 heavy (non-hydrogen) atoms. The lowest BCUT2D eigenvalue weighted by atomic mass is 10.1. The normalized spacial score (nSPS) is 16.2. The Balaban J connectivity index is 1.29. The summed E-state index contributed by atoms with van der Waals surface area (Å²) in [7, 11) is 2.01. The summed E-state index contributed by atoms with van der Waals surface area (Å²) in [4.78, 5) is 32.5. The van der Waals surface area contributed by atoms with Crippen LogP contribution in [0, 0.1) is 5.92 Å². The molecule has 2 aliphatic rings. The number of nitrogens with zero attached hydrogens (tertiary/aromatic N) is 3. The van der Waals surface area contributed by atoms with Crippen molar-refractivity contribution in [3.8, 4) is 0 Å². The SMILES string of the molecule is Cn1cc(CC(=O)N2CCc3nc(NC(=O)C4CC4)sc3C2)c2ccccc21. The number of benzene rings is 1. The molecule has 0 atom stereocenters. The molecule has 1 aliphatic heterocycles. The maximum atomic E-state index is 12.9. The fourth-order valence-electron chi connectivity index (χ4n) is 3.86. The first kappa shape index (κ1) is 17.4. The van der Waals surface area contributed by atoms with Gasteiger partial charge in [-0.15, -0.1) is 0 Å². The van der Waals surface area contributed by atoms with E-state index in [1.54, 1.807) is 0 Å². The van der Waals surface area contributed by atoms with Crippen LogP contribution in [0.1, 0.15) is 29.0 Å². The Morgan fingerprint density at radius 3 is 2.93 bits per heavy atom.